The van der Waals surface area contributed by atoms with Crippen LogP contribution >= 0.6 is 0 Å². The maximum atomic E-state index is 12.1. The molecule has 2 N–H and O–H groups in total. The summed E-state index contributed by atoms with van der Waals surface area (Å²) in [5, 5.41) is 4.99. The fourth-order valence-corrected chi connectivity index (χ4v) is 2.94. The number of nitrogens with zero attached hydrogens (tertiary/aromatic N) is 3. The van der Waals surface area contributed by atoms with Crippen molar-refractivity contribution in [3.63, 3.8) is 0 Å². The highest BCUT2D eigenvalue weighted by molar-refractivity contribution is 7.92. The standard InChI is InChI=1S/C17H22N4O3S/c1-6-19-25(5,23)11-24-12-7-8-13-14(9-12)21(10-17(2,3)4)20-15(13)16(18)22/h1,7-9H,10-11H2,2-5H3,(H2,18,22). The van der Waals surface area contributed by atoms with E-state index in [9.17, 15) is 9.00 Å². The third-order valence-corrected chi connectivity index (χ3v) is 4.32. The van der Waals surface area contributed by atoms with Gasteiger partial charge in [0.15, 0.2) is 11.6 Å². The zero-order valence-corrected chi connectivity index (χ0v) is 15.6. The lowest BCUT2D eigenvalue weighted by Crippen LogP contribution is -2.18. The summed E-state index contributed by atoms with van der Waals surface area (Å²) in [4.78, 5) is 11.7. The van der Waals surface area contributed by atoms with E-state index in [1.807, 2.05) is 6.04 Å². The quantitative estimate of drug-likeness (QED) is 0.824. The Bertz CT molecular complexity index is 970. The van der Waals surface area contributed by atoms with Crippen molar-refractivity contribution in [1.82, 2.24) is 9.78 Å². The zero-order chi connectivity index (χ0) is 18.8. The Labute approximate surface area is 147 Å². The van der Waals surface area contributed by atoms with Crippen LogP contribution in [0, 0.1) is 17.9 Å². The Morgan fingerprint density at radius 3 is 2.72 bits per heavy atom. The number of carbonyl (C=O) groups is 1. The summed E-state index contributed by atoms with van der Waals surface area (Å²) in [7, 11) is -2.61. The predicted octanol–water partition coefficient (Wildman–Crippen LogP) is 2.21. The van der Waals surface area contributed by atoms with Gasteiger partial charge in [-0.2, -0.15) is 5.10 Å². The molecule has 1 aromatic carbocycles. The van der Waals surface area contributed by atoms with Crippen molar-refractivity contribution in [3.05, 3.63) is 23.9 Å². The fourth-order valence-electron chi connectivity index (χ4n) is 2.31. The molecule has 0 bridgehead atoms. The first-order valence-electron chi connectivity index (χ1n) is 7.60. The Morgan fingerprint density at radius 2 is 2.16 bits per heavy atom. The molecule has 25 heavy (non-hydrogen) atoms. The van der Waals surface area contributed by atoms with Gasteiger partial charge in [-0.1, -0.05) is 27.2 Å². The Morgan fingerprint density at radius 1 is 1.48 bits per heavy atom. The summed E-state index contributed by atoms with van der Waals surface area (Å²) in [5.74, 6) is -0.227. The van der Waals surface area contributed by atoms with E-state index >= 15 is 0 Å². The van der Waals surface area contributed by atoms with Gasteiger partial charge < -0.3 is 10.5 Å². The summed E-state index contributed by atoms with van der Waals surface area (Å²) in [6.07, 6.45) is 6.49. The van der Waals surface area contributed by atoms with Crippen LogP contribution in [0.4, 0.5) is 0 Å². The number of amides is 1. The number of primary amides is 1. The van der Waals surface area contributed by atoms with E-state index in [-0.39, 0.29) is 17.0 Å². The van der Waals surface area contributed by atoms with Crippen LogP contribution in [-0.2, 0) is 16.3 Å². The molecule has 1 unspecified atom stereocenters. The number of fused-ring (bicyclic) bond motifs is 1. The van der Waals surface area contributed by atoms with Gasteiger partial charge in [-0.15, -0.1) is 4.36 Å². The summed E-state index contributed by atoms with van der Waals surface area (Å²) < 4.78 is 22.9. The van der Waals surface area contributed by atoms with E-state index in [0.29, 0.717) is 17.7 Å². The van der Waals surface area contributed by atoms with E-state index < -0.39 is 15.6 Å². The number of rotatable bonds is 5. The molecule has 1 heterocycles. The van der Waals surface area contributed by atoms with Gasteiger partial charge in [0.2, 0.25) is 0 Å². The molecule has 0 aliphatic heterocycles. The molecular weight excluding hydrogens is 340 g/mol. The Hall–Kier alpha value is -2.53. The minimum Gasteiger partial charge on any atom is -0.479 e. The van der Waals surface area contributed by atoms with Gasteiger partial charge in [-0.25, -0.2) is 4.21 Å². The van der Waals surface area contributed by atoms with Crippen LogP contribution in [-0.4, -0.2) is 32.1 Å². The fraction of sp³-hybridized carbons (Fsp3) is 0.412. The molecule has 0 spiro atoms. The topological polar surface area (TPSA) is 99.6 Å². The lowest BCUT2D eigenvalue weighted by molar-refractivity contribution is 0.0995. The van der Waals surface area contributed by atoms with Gasteiger partial charge in [-0.3, -0.25) is 9.48 Å². The molecule has 0 radical (unpaired) electrons. The highest BCUT2D eigenvalue weighted by atomic mass is 32.2. The van der Waals surface area contributed by atoms with Gasteiger partial charge in [0.1, 0.15) is 5.75 Å². The normalized spacial score (nSPS) is 13.9. The molecule has 7 nitrogen and oxygen atoms in total. The summed E-state index contributed by atoms with van der Waals surface area (Å²) in [5.41, 5.74) is 6.32. The number of terminal acetylenes is 1. The predicted molar refractivity (Wildman–Crippen MR) is 98.5 cm³/mol. The number of aromatic nitrogens is 2. The molecule has 1 atom stereocenters. The van der Waals surface area contributed by atoms with Gasteiger partial charge in [0.25, 0.3) is 5.91 Å². The monoisotopic (exact) mass is 362 g/mol. The SMILES string of the molecule is C#CN=S(C)(=O)COc1ccc2c(C(N)=O)nn(CC(C)(C)C)c2c1. The van der Waals surface area contributed by atoms with Crippen LogP contribution in [0.15, 0.2) is 22.6 Å². The Kier molecular flexibility index (Phi) is 5.09. The van der Waals surface area contributed by atoms with Gasteiger partial charge >= 0.3 is 0 Å². The minimum absolute atomic E-state index is 0.0475. The van der Waals surface area contributed by atoms with E-state index in [4.69, 9.17) is 16.9 Å². The van der Waals surface area contributed by atoms with Crippen LogP contribution in [0.2, 0.25) is 0 Å². The molecule has 0 fully saturated rings. The number of nitrogens with two attached hydrogens (primary N) is 1. The first kappa shape index (κ1) is 18.8. The maximum absolute atomic E-state index is 12.1. The largest absolute Gasteiger partial charge is 0.479 e. The summed E-state index contributed by atoms with van der Waals surface area (Å²) >= 11 is 0. The van der Waals surface area contributed by atoms with Gasteiger partial charge in [-0.05, 0) is 17.5 Å². The van der Waals surface area contributed by atoms with Crippen molar-refractivity contribution in [3.8, 4) is 18.2 Å². The average molecular weight is 362 g/mol. The molecule has 8 heteroatoms. The van der Waals surface area contributed by atoms with Crippen LogP contribution in [0.25, 0.3) is 10.9 Å². The third-order valence-electron chi connectivity index (χ3n) is 3.27. The molecule has 2 rings (SSSR count). The van der Waals surface area contributed by atoms with Crippen molar-refractivity contribution in [2.75, 3.05) is 12.2 Å². The number of ether oxygens (including phenoxy) is 1. The maximum Gasteiger partial charge on any atom is 0.269 e. The summed E-state index contributed by atoms with van der Waals surface area (Å²) in [6.45, 7) is 6.80. The van der Waals surface area contributed by atoms with Crippen LogP contribution in [0.1, 0.15) is 31.3 Å². The van der Waals surface area contributed by atoms with E-state index in [2.05, 4.69) is 30.2 Å². The van der Waals surface area contributed by atoms with Crippen molar-refractivity contribution in [2.45, 2.75) is 27.3 Å². The second-order valence-electron chi connectivity index (χ2n) is 7.05. The third kappa shape index (κ3) is 4.73. The molecule has 1 aromatic heterocycles. The number of benzene rings is 1. The van der Waals surface area contributed by atoms with Crippen LogP contribution in [0.3, 0.4) is 0 Å². The molecule has 1 amide bonds. The van der Waals surface area contributed by atoms with Gasteiger partial charge in [0, 0.05) is 30.3 Å². The highest BCUT2D eigenvalue weighted by Crippen LogP contribution is 2.27. The molecule has 134 valence electrons. The number of hydrogen-bond acceptors (Lipinski definition) is 5. The van der Waals surface area contributed by atoms with Crippen molar-refractivity contribution >= 4 is 26.5 Å². The molecular formula is C17H22N4O3S. The van der Waals surface area contributed by atoms with Gasteiger partial charge in [0.05, 0.1) is 15.2 Å². The molecule has 0 aliphatic rings. The van der Waals surface area contributed by atoms with Crippen molar-refractivity contribution in [2.24, 2.45) is 15.5 Å². The second kappa shape index (κ2) is 6.76. The highest BCUT2D eigenvalue weighted by Gasteiger charge is 2.19. The van der Waals surface area contributed by atoms with Crippen molar-refractivity contribution < 1.29 is 13.7 Å². The summed E-state index contributed by atoms with van der Waals surface area (Å²) in [6, 6.07) is 7.16. The lowest BCUT2D eigenvalue weighted by atomic mass is 9.97. The molecule has 2 aromatic rings. The number of hydrogen-bond donors (Lipinski definition) is 1. The smallest absolute Gasteiger partial charge is 0.269 e. The first-order chi connectivity index (χ1) is 11.5. The molecule has 0 saturated carbocycles. The zero-order valence-electron chi connectivity index (χ0n) is 14.8. The first-order valence-corrected chi connectivity index (χ1v) is 9.69. The van der Waals surface area contributed by atoms with E-state index in [1.54, 1.807) is 22.9 Å². The number of carbonyl (C=O) groups excluding carboxylic acids is 1. The van der Waals surface area contributed by atoms with Crippen LogP contribution < -0.4 is 10.5 Å². The Balaban J connectivity index is 2.45. The lowest BCUT2D eigenvalue weighted by Gasteiger charge is -2.18. The minimum atomic E-state index is -2.61. The molecule has 0 aliphatic carbocycles. The molecule has 0 saturated heterocycles. The van der Waals surface area contributed by atoms with E-state index in [1.165, 1.54) is 6.26 Å². The van der Waals surface area contributed by atoms with E-state index in [0.717, 1.165) is 5.52 Å². The van der Waals surface area contributed by atoms with Crippen LogP contribution in [0.5, 0.6) is 5.75 Å². The second-order valence-corrected chi connectivity index (χ2v) is 9.39. The van der Waals surface area contributed by atoms with Crippen molar-refractivity contribution in [1.29, 1.82) is 0 Å². The average Bonchev–Trinajstić information content (AvgIpc) is 2.82.